The van der Waals surface area contributed by atoms with Crippen LogP contribution in [0.25, 0.3) is 0 Å². The van der Waals surface area contributed by atoms with E-state index in [4.69, 9.17) is 24.7 Å². The van der Waals surface area contributed by atoms with Crippen molar-refractivity contribution >= 4 is 29.9 Å². The van der Waals surface area contributed by atoms with Crippen molar-refractivity contribution in [2.24, 2.45) is 10.7 Å². The molecule has 28 heavy (non-hydrogen) atoms. The molecule has 0 atom stereocenters. The highest BCUT2D eigenvalue weighted by Gasteiger charge is 2.13. The van der Waals surface area contributed by atoms with Crippen molar-refractivity contribution < 1.29 is 18.9 Å². The van der Waals surface area contributed by atoms with Gasteiger partial charge in [0.2, 0.25) is 0 Å². The lowest BCUT2D eigenvalue weighted by Crippen LogP contribution is -2.37. The number of nitrogens with zero attached hydrogens (tertiary/aromatic N) is 2. The van der Waals surface area contributed by atoms with E-state index in [-0.39, 0.29) is 24.0 Å². The van der Waals surface area contributed by atoms with Gasteiger partial charge in [-0.1, -0.05) is 0 Å². The van der Waals surface area contributed by atoms with E-state index in [1.54, 1.807) is 21.3 Å². The molecule has 3 N–H and O–H groups in total. The number of morpholine rings is 1. The molecule has 0 unspecified atom stereocenters. The summed E-state index contributed by atoms with van der Waals surface area (Å²) in [5.41, 5.74) is 6.93. The molecule has 8 nitrogen and oxygen atoms in total. The Balaban J connectivity index is 0.00000392. The van der Waals surface area contributed by atoms with Crippen LogP contribution in [0.1, 0.15) is 12.0 Å². The van der Waals surface area contributed by atoms with E-state index >= 15 is 0 Å². The maximum Gasteiger partial charge on any atom is 0.188 e. The molecule has 1 aliphatic rings. The van der Waals surface area contributed by atoms with Crippen LogP contribution in [-0.2, 0) is 11.2 Å². The van der Waals surface area contributed by atoms with Gasteiger partial charge in [-0.25, -0.2) is 0 Å². The van der Waals surface area contributed by atoms with Gasteiger partial charge >= 0.3 is 0 Å². The fourth-order valence-electron chi connectivity index (χ4n) is 3.01. The first-order valence-electron chi connectivity index (χ1n) is 9.30. The van der Waals surface area contributed by atoms with Gasteiger partial charge in [-0.05, 0) is 12.8 Å². The third kappa shape index (κ3) is 7.88. The molecule has 9 heteroatoms. The van der Waals surface area contributed by atoms with Gasteiger partial charge in [-0.3, -0.25) is 9.89 Å². The molecule has 0 bridgehead atoms. The second-order valence-corrected chi connectivity index (χ2v) is 6.26. The summed E-state index contributed by atoms with van der Waals surface area (Å²) in [4.78, 5) is 6.79. The highest BCUT2D eigenvalue weighted by molar-refractivity contribution is 14.0. The van der Waals surface area contributed by atoms with Crippen LogP contribution in [-0.4, -0.2) is 78.1 Å². The molecule has 1 saturated heterocycles. The van der Waals surface area contributed by atoms with Gasteiger partial charge in [-0.15, -0.1) is 24.0 Å². The first-order valence-corrected chi connectivity index (χ1v) is 9.30. The van der Waals surface area contributed by atoms with Gasteiger partial charge in [0.05, 0.1) is 34.5 Å². The lowest BCUT2D eigenvalue weighted by molar-refractivity contribution is 0.0377. The molecule has 0 amide bonds. The van der Waals surface area contributed by atoms with Crippen molar-refractivity contribution in [3.63, 3.8) is 0 Å². The molecule has 1 aromatic carbocycles. The second kappa shape index (κ2) is 13.7. The molecular formula is C19H33IN4O4. The van der Waals surface area contributed by atoms with E-state index in [9.17, 15) is 0 Å². The molecule has 0 radical (unpaired) electrons. The summed E-state index contributed by atoms with van der Waals surface area (Å²) in [6.07, 6.45) is 1.68. The number of nitrogens with two attached hydrogens (primary N) is 1. The van der Waals surface area contributed by atoms with E-state index in [2.05, 4.69) is 15.2 Å². The van der Waals surface area contributed by atoms with Crippen molar-refractivity contribution in [3.8, 4) is 17.2 Å². The molecule has 2 rings (SSSR count). The van der Waals surface area contributed by atoms with Crippen LogP contribution < -0.4 is 25.3 Å². The SMILES string of the molecule is COc1cc(OC)c(CCNC(N)=NCCCN2CCOCC2)c(OC)c1.I. The summed E-state index contributed by atoms with van der Waals surface area (Å²) in [5.74, 6) is 2.62. The van der Waals surface area contributed by atoms with Crippen molar-refractivity contribution in [2.45, 2.75) is 12.8 Å². The third-order valence-corrected chi connectivity index (χ3v) is 4.52. The minimum atomic E-state index is 0. The Morgan fingerprint density at radius 3 is 2.36 bits per heavy atom. The topological polar surface area (TPSA) is 90.6 Å². The van der Waals surface area contributed by atoms with Crippen LogP contribution >= 0.6 is 24.0 Å². The van der Waals surface area contributed by atoms with Crippen molar-refractivity contribution in [1.82, 2.24) is 10.2 Å². The van der Waals surface area contributed by atoms with Crippen LogP contribution in [0.15, 0.2) is 17.1 Å². The Morgan fingerprint density at radius 1 is 1.14 bits per heavy atom. The monoisotopic (exact) mass is 508 g/mol. The maximum atomic E-state index is 5.97. The molecule has 1 aromatic rings. The zero-order valence-corrected chi connectivity index (χ0v) is 19.4. The van der Waals surface area contributed by atoms with Gasteiger partial charge in [0.1, 0.15) is 17.2 Å². The zero-order valence-electron chi connectivity index (χ0n) is 17.0. The fraction of sp³-hybridized carbons (Fsp3) is 0.632. The molecule has 0 saturated carbocycles. The van der Waals surface area contributed by atoms with Gasteiger partial charge in [-0.2, -0.15) is 0 Å². The van der Waals surface area contributed by atoms with Crippen molar-refractivity contribution in [2.75, 3.05) is 67.3 Å². The first-order chi connectivity index (χ1) is 13.2. The quantitative estimate of drug-likeness (QED) is 0.214. The summed E-state index contributed by atoms with van der Waals surface area (Å²) in [7, 11) is 4.89. The first kappa shape index (κ1) is 24.6. The highest BCUT2D eigenvalue weighted by atomic mass is 127. The standard InChI is InChI=1S/C19H32N4O4.HI/c1-24-15-13-17(25-2)16(18(14-15)26-3)5-7-22-19(20)21-6-4-8-23-9-11-27-12-10-23;/h13-14H,4-12H2,1-3H3,(H3,20,21,22);1H. The molecule has 1 fully saturated rings. The van der Waals surface area contributed by atoms with E-state index in [1.165, 1.54) is 0 Å². The second-order valence-electron chi connectivity index (χ2n) is 6.26. The molecular weight excluding hydrogens is 475 g/mol. The van der Waals surface area contributed by atoms with Crippen LogP contribution in [0, 0.1) is 0 Å². The summed E-state index contributed by atoms with van der Waals surface area (Å²) in [5, 5.41) is 3.15. The Kier molecular flexibility index (Phi) is 12.0. The predicted molar refractivity (Wildman–Crippen MR) is 122 cm³/mol. The van der Waals surface area contributed by atoms with E-state index < -0.39 is 0 Å². The Hall–Kier alpha value is -1.46. The molecule has 0 spiro atoms. The molecule has 0 aromatic heterocycles. The lowest BCUT2D eigenvalue weighted by Gasteiger charge is -2.26. The molecule has 1 heterocycles. The minimum Gasteiger partial charge on any atom is -0.496 e. The number of methoxy groups -OCH3 is 3. The number of hydrogen-bond acceptors (Lipinski definition) is 6. The predicted octanol–water partition coefficient (Wildman–Crippen LogP) is 1.50. The molecule has 160 valence electrons. The Morgan fingerprint density at radius 2 is 1.79 bits per heavy atom. The van der Waals surface area contributed by atoms with E-state index in [1.807, 2.05) is 12.1 Å². The fourth-order valence-corrected chi connectivity index (χ4v) is 3.01. The normalized spacial score (nSPS) is 14.9. The van der Waals surface area contributed by atoms with Gasteiger partial charge < -0.3 is 30.0 Å². The van der Waals surface area contributed by atoms with Crippen molar-refractivity contribution in [1.29, 1.82) is 0 Å². The number of guanidine groups is 1. The zero-order chi connectivity index (χ0) is 19.5. The molecule has 0 aliphatic carbocycles. The van der Waals surface area contributed by atoms with Crippen molar-refractivity contribution in [3.05, 3.63) is 17.7 Å². The Bertz CT molecular complexity index is 585. The van der Waals surface area contributed by atoms with Crippen LogP contribution in [0.3, 0.4) is 0 Å². The average Bonchev–Trinajstić information content (AvgIpc) is 2.71. The van der Waals surface area contributed by atoms with Gasteiger partial charge in [0.15, 0.2) is 5.96 Å². The lowest BCUT2D eigenvalue weighted by atomic mass is 10.1. The number of ether oxygens (including phenoxy) is 4. The summed E-state index contributed by atoms with van der Waals surface area (Å²) in [6, 6.07) is 3.70. The molecule has 1 aliphatic heterocycles. The van der Waals surface area contributed by atoms with Crippen LogP contribution in [0.5, 0.6) is 17.2 Å². The van der Waals surface area contributed by atoms with E-state index in [0.29, 0.717) is 31.2 Å². The van der Waals surface area contributed by atoms with Crippen LogP contribution in [0.2, 0.25) is 0 Å². The number of rotatable bonds is 10. The number of nitrogens with one attached hydrogen (secondary N) is 1. The van der Waals surface area contributed by atoms with E-state index in [0.717, 1.165) is 56.3 Å². The highest BCUT2D eigenvalue weighted by Crippen LogP contribution is 2.34. The third-order valence-electron chi connectivity index (χ3n) is 4.52. The smallest absolute Gasteiger partial charge is 0.188 e. The van der Waals surface area contributed by atoms with Gasteiger partial charge in [0, 0.05) is 50.4 Å². The summed E-state index contributed by atoms with van der Waals surface area (Å²) in [6.45, 7) is 6.03. The maximum absolute atomic E-state index is 5.97. The van der Waals surface area contributed by atoms with Gasteiger partial charge in [0.25, 0.3) is 0 Å². The summed E-state index contributed by atoms with van der Waals surface area (Å²) >= 11 is 0. The average molecular weight is 508 g/mol. The largest absolute Gasteiger partial charge is 0.496 e. The minimum absolute atomic E-state index is 0. The summed E-state index contributed by atoms with van der Waals surface area (Å²) < 4.78 is 21.5. The number of aliphatic imine (C=N–C) groups is 1. The van der Waals surface area contributed by atoms with Crippen LogP contribution in [0.4, 0.5) is 0 Å². The number of benzene rings is 1. The number of halogens is 1. The number of hydrogen-bond donors (Lipinski definition) is 2. The Labute approximate surface area is 184 Å².